The van der Waals surface area contributed by atoms with Gasteiger partial charge in [-0.05, 0) is 48.0 Å². The maximum atomic E-state index is 12.2. The zero-order valence-corrected chi connectivity index (χ0v) is 13.0. The number of nitro benzene ring substituents is 1. The quantitative estimate of drug-likeness (QED) is 0.677. The molecule has 1 heterocycles. The lowest BCUT2D eigenvalue weighted by molar-refractivity contribution is -0.385. The molecule has 2 rings (SSSR count). The van der Waals surface area contributed by atoms with Gasteiger partial charge >= 0.3 is 0 Å². The van der Waals surface area contributed by atoms with Gasteiger partial charge in [-0.3, -0.25) is 14.9 Å². The fraction of sp³-hybridized carbons (Fsp3) is 0.143. The minimum absolute atomic E-state index is 0.0809. The van der Waals surface area contributed by atoms with Gasteiger partial charge in [-0.2, -0.15) is 0 Å². The Bertz CT molecular complexity index is 731. The van der Waals surface area contributed by atoms with Gasteiger partial charge in [0.25, 0.3) is 11.6 Å². The van der Waals surface area contributed by atoms with E-state index >= 15 is 0 Å². The zero-order chi connectivity index (χ0) is 15.6. The maximum Gasteiger partial charge on any atom is 0.273 e. The van der Waals surface area contributed by atoms with Crippen molar-refractivity contribution in [2.24, 2.45) is 0 Å². The van der Waals surface area contributed by atoms with E-state index in [0.717, 1.165) is 10.2 Å². The number of rotatable bonds is 3. The van der Waals surface area contributed by atoms with Gasteiger partial charge in [0.1, 0.15) is 5.82 Å². The minimum atomic E-state index is -0.506. The Morgan fingerprint density at radius 2 is 2.00 bits per heavy atom. The molecule has 0 spiro atoms. The molecule has 21 heavy (non-hydrogen) atoms. The van der Waals surface area contributed by atoms with Crippen LogP contribution >= 0.6 is 15.9 Å². The molecule has 1 aromatic heterocycles. The lowest BCUT2D eigenvalue weighted by Crippen LogP contribution is -2.15. The molecule has 0 aliphatic heterocycles. The van der Waals surface area contributed by atoms with Gasteiger partial charge in [-0.15, -0.1) is 0 Å². The Morgan fingerprint density at radius 3 is 2.62 bits per heavy atom. The normalized spacial score (nSPS) is 10.2. The van der Waals surface area contributed by atoms with Gasteiger partial charge in [0.15, 0.2) is 0 Å². The number of hydrogen-bond acceptors (Lipinski definition) is 4. The summed E-state index contributed by atoms with van der Waals surface area (Å²) in [5, 5.41) is 13.5. The van der Waals surface area contributed by atoms with Crippen LogP contribution in [0.3, 0.4) is 0 Å². The molecule has 2 aromatic rings. The van der Waals surface area contributed by atoms with Crippen LogP contribution in [-0.2, 0) is 0 Å². The SMILES string of the molecule is Cc1nc(NC(=O)c2cccc([N+](=O)[O-])c2C)ccc1Br. The predicted octanol–water partition coefficient (Wildman–Crippen LogP) is 3.62. The number of hydrogen-bond donors (Lipinski definition) is 1. The molecule has 0 fully saturated rings. The molecular weight excluding hydrogens is 338 g/mol. The third-order valence-electron chi connectivity index (χ3n) is 3.01. The van der Waals surface area contributed by atoms with Crippen molar-refractivity contribution < 1.29 is 9.72 Å². The highest BCUT2D eigenvalue weighted by atomic mass is 79.9. The van der Waals surface area contributed by atoms with Crippen LogP contribution in [-0.4, -0.2) is 15.8 Å². The number of nitro groups is 1. The van der Waals surface area contributed by atoms with Gasteiger partial charge in [-0.1, -0.05) is 6.07 Å². The highest BCUT2D eigenvalue weighted by Crippen LogP contribution is 2.22. The molecule has 1 N–H and O–H groups in total. The molecular formula is C14H12BrN3O3. The van der Waals surface area contributed by atoms with E-state index in [-0.39, 0.29) is 11.3 Å². The van der Waals surface area contributed by atoms with Crippen LogP contribution in [0.15, 0.2) is 34.8 Å². The van der Waals surface area contributed by atoms with Crippen molar-refractivity contribution in [2.75, 3.05) is 5.32 Å². The van der Waals surface area contributed by atoms with E-state index in [1.54, 1.807) is 32.0 Å². The number of carbonyl (C=O) groups is 1. The molecule has 108 valence electrons. The van der Waals surface area contributed by atoms with Crippen LogP contribution in [0.5, 0.6) is 0 Å². The highest BCUT2D eigenvalue weighted by Gasteiger charge is 2.18. The summed E-state index contributed by atoms with van der Waals surface area (Å²) in [5.74, 6) is -0.0305. The van der Waals surface area contributed by atoms with Crippen molar-refractivity contribution in [3.63, 3.8) is 0 Å². The van der Waals surface area contributed by atoms with E-state index in [1.165, 1.54) is 12.1 Å². The summed E-state index contributed by atoms with van der Waals surface area (Å²) in [5.41, 5.74) is 1.24. The second-order valence-corrected chi connectivity index (χ2v) is 5.28. The number of anilines is 1. The third kappa shape index (κ3) is 3.25. The largest absolute Gasteiger partial charge is 0.307 e. The summed E-state index contributed by atoms with van der Waals surface area (Å²) >= 11 is 3.33. The van der Waals surface area contributed by atoms with Crippen LogP contribution in [0, 0.1) is 24.0 Å². The maximum absolute atomic E-state index is 12.2. The van der Waals surface area contributed by atoms with Crippen molar-refractivity contribution in [3.05, 3.63) is 61.7 Å². The molecule has 1 aromatic carbocycles. The summed E-state index contributed by atoms with van der Waals surface area (Å²) in [6, 6.07) is 7.83. The van der Waals surface area contributed by atoms with Crippen LogP contribution in [0.2, 0.25) is 0 Å². The molecule has 0 atom stereocenters. The number of aryl methyl sites for hydroxylation is 1. The average Bonchev–Trinajstić information content (AvgIpc) is 2.42. The van der Waals surface area contributed by atoms with Gasteiger partial charge in [0.2, 0.25) is 0 Å². The summed E-state index contributed by atoms with van der Waals surface area (Å²) in [4.78, 5) is 26.8. The molecule has 6 nitrogen and oxygen atoms in total. The number of nitrogens with one attached hydrogen (secondary N) is 1. The molecule has 0 saturated carbocycles. The first-order valence-corrected chi connectivity index (χ1v) is 6.88. The molecule has 0 aliphatic rings. The number of amides is 1. The van der Waals surface area contributed by atoms with Crippen molar-refractivity contribution in [2.45, 2.75) is 13.8 Å². The van der Waals surface area contributed by atoms with Gasteiger partial charge in [0.05, 0.1) is 10.6 Å². The van der Waals surface area contributed by atoms with E-state index in [2.05, 4.69) is 26.2 Å². The zero-order valence-electron chi connectivity index (χ0n) is 11.4. The Hall–Kier alpha value is -2.28. The second-order valence-electron chi connectivity index (χ2n) is 4.42. The molecule has 0 saturated heterocycles. The van der Waals surface area contributed by atoms with Crippen molar-refractivity contribution in [1.29, 1.82) is 0 Å². The van der Waals surface area contributed by atoms with Gasteiger partial charge in [0, 0.05) is 21.7 Å². The number of carbonyl (C=O) groups excluding carboxylic acids is 1. The summed E-state index contributed by atoms with van der Waals surface area (Å²) in [6.07, 6.45) is 0. The molecule has 0 aliphatic carbocycles. The lowest BCUT2D eigenvalue weighted by atomic mass is 10.1. The Labute approximate surface area is 129 Å². The first-order valence-electron chi connectivity index (χ1n) is 6.08. The molecule has 0 radical (unpaired) electrons. The highest BCUT2D eigenvalue weighted by molar-refractivity contribution is 9.10. The second kappa shape index (κ2) is 6.01. The van der Waals surface area contributed by atoms with Crippen molar-refractivity contribution >= 4 is 33.3 Å². The summed E-state index contributed by atoms with van der Waals surface area (Å²) in [6.45, 7) is 3.35. The lowest BCUT2D eigenvalue weighted by Gasteiger charge is -2.08. The standard InChI is InChI=1S/C14H12BrN3O3/c1-8-10(4-3-5-12(8)18(20)21)14(19)17-13-7-6-11(15)9(2)16-13/h3-7H,1-2H3,(H,16,17,19). The van der Waals surface area contributed by atoms with E-state index < -0.39 is 10.8 Å². The molecule has 0 bridgehead atoms. The number of pyridine rings is 1. The fourth-order valence-electron chi connectivity index (χ4n) is 1.86. The Morgan fingerprint density at radius 1 is 1.29 bits per heavy atom. The molecule has 7 heteroatoms. The van der Waals surface area contributed by atoms with E-state index in [1.807, 2.05) is 0 Å². The number of benzene rings is 1. The first kappa shape index (κ1) is 15.1. The van der Waals surface area contributed by atoms with Crippen molar-refractivity contribution in [1.82, 2.24) is 4.98 Å². The van der Waals surface area contributed by atoms with Crippen LogP contribution in [0.4, 0.5) is 11.5 Å². The summed E-state index contributed by atoms with van der Waals surface area (Å²) < 4.78 is 0.840. The first-order chi connectivity index (χ1) is 9.90. The average molecular weight is 350 g/mol. The van der Waals surface area contributed by atoms with E-state index in [9.17, 15) is 14.9 Å². The number of halogens is 1. The predicted molar refractivity (Wildman–Crippen MR) is 82.5 cm³/mol. The van der Waals surface area contributed by atoms with Gasteiger partial charge in [-0.25, -0.2) is 4.98 Å². The monoisotopic (exact) mass is 349 g/mol. The molecule has 0 unspecified atom stereocenters. The topological polar surface area (TPSA) is 85.1 Å². The smallest absolute Gasteiger partial charge is 0.273 e. The van der Waals surface area contributed by atoms with Gasteiger partial charge < -0.3 is 5.32 Å². The van der Waals surface area contributed by atoms with E-state index in [0.29, 0.717) is 11.4 Å². The minimum Gasteiger partial charge on any atom is -0.307 e. The Kier molecular flexibility index (Phi) is 4.32. The third-order valence-corrected chi connectivity index (χ3v) is 3.85. The van der Waals surface area contributed by atoms with Crippen LogP contribution in [0.1, 0.15) is 21.6 Å². The van der Waals surface area contributed by atoms with Crippen molar-refractivity contribution in [3.8, 4) is 0 Å². The van der Waals surface area contributed by atoms with Crippen LogP contribution in [0.25, 0.3) is 0 Å². The van der Waals surface area contributed by atoms with Crippen LogP contribution < -0.4 is 5.32 Å². The Balaban J connectivity index is 2.30. The molecule has 1 amide bonds. The van der Waals surface area contributed by atoms with E-state index in [4.69, 9.17) is 0 Å². The number of nitrogens with zero attached hydrogens (tertiary/aromatic N) is 2. The fourth-order valence-corrected chi connectivity index (χ4v) is 2.09. The number of aromatic nitrogens is 1. The summed E-state index contributed by atoms with van der Waals surface area (Å²) in [7, 11) is 0.